The van der Waals surface area contributed by atoms with E-state index in [0.717, 1.165) is 12.8 Å². The van der Waals surface area contributed by atoms with Gasteiger partial charge in [-0.05, 0) is 37.1 Å². The molecule has 5 rings (SSSR count). The molecule has 3 aliphatic rings. The number of nitro benzene ring substituents is 1. The summed E-state index contributed by atoms with van der Waals surface area (Å²) in [6.07, 6.45) is 3.23. The highest BCUT2D eigenvalue weighted by atomic mass is 16.6. The van der Waals surface area contributed by atoms with Gasteiger partial charge in [-0.25, -0.2) is 4.90 Å². The Labute approximate surface area is 200 Å². The first kappa shape index (κ1) is 22.7. The number of esters is 1. The van der Waals surface area contributed by atoms with Gasteiger partial charge in [-0.3, -0.25) is 29.3 Å². The van der Waals surface area contributed by atoms with Crippen LogP contribution in [0.2, 0.25) is 0 Å². The number of ether oxygens (including phenoxy) is 1. The van der Waals surface area contributed by atoms with Crippen molar-refractivity contribution in [2.45, 2.75) is 32.1 Å². The molecule has 1 saturated carbocycles. The number of imide groups is 1. The van der Waals surface area contributed by atoms with E-state index in [1.54, 1.807) is 18.2 Å². The lowest BCUT2D eigenvalue weighted by Gasteiger charge is -2.19. The first-order valence-electron chi connectivity index (χ1n) is 11.6. The second-order valence-electron chi connectivity index (χ2n) is 9.11. The van der Waals surface area contributed by atoms with Gasteiger partial charge in [0.1, 0.15) is 5.75 Å². The summed E-state index contributed by atoms with van der Waals surface area (Å²) in [5, 5.41) is 10.8. The number of anilines is 2. The molecular weight excluding hydrogens is 454 g/mol. The second kappa shape index (κ2) is 8.94. The number of nitro groups is 1. The fourth-order valence-electron chi connectivity index (χ4n) is 5.17. The van der Waals surface area contributed by atoms with Gasteiger partial charge in [-0.15, -0.1) is 0 Å². The molecule has 0 unspecified atom stereocenters. The first-order valence-corrected chi connectivity index (χ1v) is 11.6. The standard InChI is InChI=1S/C25H23N3O7/c29-22-12-15(14-26(22)16-8-10-17(11-9-16)28(33)34)25(32)35-19-5-3-4-18(13-19)27-23(30)20-6-1-2-7-21(20)24(27)31/h3-5,8-11,13,15,20-21H,1-2,6-7,12,14H2/t15-,20-,21-/m1/s1. The topological polar surface area (TPSA) is 127 Å². The molecule has 0 bridgehead atoms. The normalized spacial score (nSPS) is 24.0. The summed E-state index contributed by atoms with van der Waals surface area (Å²) in [4.78, 5) is 64.0. The molecule has 0 N–H and O–H groups in total. The molecule has 2 aromatic rings. The summed E-state index contributed by atoms with van der Waals surface area (Å²) < 4.78 is 5.51. The molecule has 2 aromatic carbocycles. The predicted octanol–water partition coefficient (Wildman–Crippen LogP) is 3.23. The average molecular weight is 477 g/mol. The van der Waals surface area contributed by atoms with Crippen molar-refractivity contribution in [2.75, 3.05) is 16.3 Å². The van der Waals surface area contributed by atoms with Crippen LogP contribution in [0.25, 0.3) is 0 Å². The highest BCUT2D eigenvalue weighted by Gasteiger charge is 2.48. The molecule has 2 saturated heterocycles. The number of fused-ring (bicyclic) bond motifs is 1. The number of nitrogens with zero attached hydrogens (tertiary/aromatic N) is 3. The van der Waals surface area contributed by atoms with E-state index in [9.17, 15) is 29.3 Å². The van der Waals surface area contributed by atoms with E-state index in [1.807, 2.05) is 0 Å². The van der Waals surface area contributed by atoms with Crippen LogP contribution >= 0.6 is 0 Å². The smallest absolute Gasteiger partial charge is 0.316 e. The first-order chi connectivity index (χ1) is 16.8. The summed E-state index contributed by atoms with van der Waals surface area (Å²) in [6.45, 7) is 0.0849. The van der Waals surface area contributed by atoms with Gasteiger partial charge in [0.25, 0.3) is 5.69 Å². The van der Waals surface area contributed by atoms with Crippen LogP contribution in [0.3, 0.4) is 0 Å². The largest absolute Gasteiger partial charge is 0.426 e. The Morgan fingerprint density at radius 3 is 2.23 bits per heavy atom. The summed E-state index contributed by atoms with van der Waals surface area (Å²) >= 11 is 0. The van der Waals surface area contributed by atoms with Gasteiger partial charge in [0, 0.05) is 36.9 Å². The quantitative estimate of drug-likeness (QED) is 0.213. The van der Waals surface area contributed by atoms with E-state index in [0.29, 0.717) is 24.2 Å². The summed E-state index contributed by atoms with van der Waals surface area (Å²) in [7, 11) is 0. The van der Waals surface area contributed by atoms with Gasteiger partial charge in [0.05, 0.1) is 28.4 Å². The second-order valence-corrected chi connectivity index (χ2v) is 9.11. The van der Waals surface area contributed by atoms with Gasteiger partial charge >= 0.3 is 5.97 Å². The third-order valence-corrected chi connectivity index (χ3v) is 6.97. The number of carbonyl (C=O) groups is 4. The minimum atomic E-state index is -0.723. The summed E-state index contributed by atoms with van der Waals surface area (Å²) in [5.41, 5.74) is 0.741. The number of carbonyl (C=O) groups excluding carboxylic acids is 4. The molecule has 2 aliphatic heterocycles. The van der Waals surface area contributed by atoms with E-state index in [-0.39, 0.29) is 54.0 Å². The zero-order valence-corrected chi connectivity index (χ0v) is 18.8. The van der Waals surface area contributed by atoms with Crippen LogP contribution in [-0.4, -0.2) is 35.2 Å². The van der Waals surface area contributed by atoms with Crippen molar-refractivity contribution >= 4 is 40.8 Å². The van der Waals surface area contributed by atoms with Crippen LogP contribution in [0.4, 0.5) is 17.1 Å². The fraction of sp³-hybridized carbons (Fsp3) is 0.360. The maximum absolute atomic E-state index is 12.9. The average Bonchev–Trinajstić information content (AvgIpc) is 3.37. The molecule has 2 heterocycles. The Hall–Kier alpha value is -4.08. The van der Waals surface area contributed by atoms with E-state index >= 15 is 0 Å². The Balaban J connectivity index is 1.27. The SMILES string of the molecule is O=C(Oc1cccc(N2C(=O)[C@@H]3CCCC[C@H]3C2=O)c1)[C@@H]1CC(=O)N(c2ccc([N+](=O)[O-])cc2)C1. The lowest BCUT2D eigenvalue weighted by molar-refractivity contribution is -0.384. The molecule has 3 fully saturated rings. The molecule has 10 nitrogen and oxygen atoms in total. The Morgan fingerprint density at radius 2 is 1.60 bits per heavy atom. The predicted molar refractivity (Wildman–Crippen MR) is 124 cm³/mol. The fourth-order valence-corrected chi connectivity index (χ4v) is 5.17. The van der Waals surface area contributed by atoms with Crippen LogP contribution in [0.5, 0.6) is 5.75 Å². The van der Waals surface area contributed by atoms with Gasteiger partial charge in [-0.1, -0.05) is 18.9 Å². The zero-order chi connectivity index (χ0) is 24.7. The maximum Gasteiger partial charge on any atom is 0.316 e. The van der Waals surface area contributed by atoms with Crippen molar-refractivity contribution in [1.82, 2.24) is 0 Å². The molecule has 1 aliphatic carbocycles. The van der Waals surface area contributed by atoms with Gasteiger partial charge < -0.3 is 9.64 Å². The van der Waals surface area contributed by atoms with E-state index in [4.69, 9.17) is 4.74 Å². The monoisotopic (exact) mass is 477 g/mol. The minimum absolute atomic E-state index is 0.0536. The van der Waals surface area contributed by atoms with Gasteiger partial charge in [0.2, 0.25) is 17.7 Å². The van der Waals surface area contributed by atoms with Crippen LogP contribution < -0.4 is 14.5 Å². The Morgan fingerprint density at radius 1 is 0.943 bits per heavy atom. The van der Waals surface area contributed by atoms with Gasteiger partial charge in [0.15, 0.2) is 0 Å². The van der Waals surface area contributed by atoms with Crippen LogP contribution in [-0.2, 0) is 19.2 Å². The summed E-state index contributed by atoms with van der Waals surface area (Å²) in [6, 6.07) is 11.8. The molecule has 0 aromatic heterocycles. The van der Waals surface area contributed by atoms with E-state index < -0.39 is 16.8 Å². The minimum Gasteiger partial charge on any atom is -0.426 e. The highest BCUT2D eigenvalue weighted by Crippen LogP contribution is 2.40. The number of benzene rings is 2. The van der Waals surface area contributed by atoms with E-state index in [1.165, 1.54) is 40.1 Å². The molecule has 3 atom stereocenters. The number of hydrogen-bond acceptors (Lipinski definition) is 7. The van der Waals surface area contributed by atoms with Crippen molar-refractivity contribution in [3.63, 3.8) is 0 Å². The number of amides is 3. The summed E-state index contributed by atoms with van der Waals surface area (Å²) in [5.74, 6) is -2.40. The van der Waals surface area contributed by atoms with Gasteiger partial charge in [-0.2, -0.15) is 0 Å². The third-order valence-electron chi connectivity index (χ3n) is 6.97. The van der Waals surface area contributed by atoms with Crippen molar-refractivity contribution in [2.24, 2.45) is 17.8 Å². The van der Waals surface area contributed by atoms with Crippen molar-refractivity contribution < 1.29 is 28.8 Å². The number of rotatable bonds is 5. The number of hydrogen-bond donors (Lipinski definition) is 0. The van der Waals surface area contributed by atoms with E-state index in [2.05, 4.69) is 0 Å². The number of non-ortho nitro benzene ring substituents is 1. The molecule has 180 valence electrons. The van der Waals surface area contributed by atoms with Crippen molar-refractivity contribution in [3.8, 4) is 5.75 Å². The zero-order valence-electron chi connectivity index (χ0n) is 18.8. The third kappa shape index (κ3) is 4.16. The van der Waals surface area contributed by atoms with Crippen LogP contribution in [0.15, 0.2) is 48.5 Å². The Bertz CT molecular complexity index is 1200. The van der Waals surface area contributed by atoms with Crippen LogP contribution in [0, 0.1) is 27.9 Å². The molecule has 3 amide bonds. The van der Waals surface area contributed by atoms with Crippen molar-refractivity contribution in [1.29, 1.82) is 0 Å². The van der Waals surface area contributed by atoms with Crippen LogP contribution in [0.1, 0.15) is 32.1 Å². The lowest BCUT2D eigenvalue weighted by atomic mass is 9.81. The maximum atomic E-state index is 12.9. The lowest BCUT2D eigenvalue weighted by Crippen LogP contribution is -2.31. The molecule has 35 heavy (non-hydrogen) atoms. The molecule has 10 heteroatoms. The molecule has 0 radical (unpaired) electrons. The highest BCUT2D eigenvalue weighted by molar-refractivity contribution is 6.22. The van der Waals surface area contributed by atoms with Crippen molar-refractivity contribution in [3.05, 3.63) is 58.6 Å². The molecule has 0 spiro atoms. The molecular formula is C25H23N3O7. The Kier molecular flexibility index (Phi) is 5.80.